The number of benzene rings is 3. The van der Waals surface area contributed by atoms with E-state index in [1.54, 1.807) is 36.2 Å². The average Bonchev–Trinajstić information content (AvgIpc) is 3.48. The second kappa shape index (κ2) is 10.2. The third kappa shape index (κ3) is 4.74. The normalized spacial score (nSPS) is 18.2. The summed E-state index contributed by atoms with van der Waals surface area (Å²) in [6, 6.07) is 15.1. The molecule has 0 bridgehead atoms. The van der Waals surface area contributed by atoms with Crippen molar-refractivity contribution < 1.29 is 17.6 Å². The van der Waals surface area contributed by atoms with Gasteiger partial charge < -0.3 is 5.73 Å². The highest BCUT2D eigenvalue weighted by molar-refractivity contribution is 8.15. The van der Waals surface area contributed by atoms with E-state index in [9.17, 15) is 17.6 Å². The van der Waals surface area contributed by atoms with E-state index in [0.717, 1.165) is 30.0 Å². The zero-order chi connectivity index (χ0) is 26.2. The van der Waals surface area contributed by atoms with Crippen molar-refractivity contribution in [3.8, 4) is 0 Å². The Morgan fingerprint density at radius 1 is 0.919 bits per heavy atom. The zero-order valence-corrected chi connectivity index (χ0v) is 21.2. The van der Waals surface area contributed by atoms with Crippen molar-refractivity contribution in [3.05, 3.63) is 112 Å². The molecule has 5 rings (SSSR count). The Balaban J connectivity index is 1.81. The molecule has 0 amide bonds. The molecule has 0 radical (unpaired) electrons. The second-order valence-corrected chi connectivity index (χ2v) is 10.8. The van der Waals surface area contributed by atoms with Crippen LogP contribution in [0.1, 0.15) is 34.0 Å². The Morgan fingerprint density at radius 3 is 2.32 bits per heavy atom. The molecular formula is C26H21F4N5S2. The lowest BCUT2D eigenvalue weighted by molar-refractivity contribution is 0.447. The van der Waals surface area contributed by atoms with Crippen LogP contribution in [0.3, 0.4) is 0 Å². The summed E-state index contributed by atoms with van der Waals surface area (Å²) < 4.78 is 58.3. The molecule has 0 saturated heterocycles. The van der Waals surface area contributed by atoms with Crippen LogP contribution in [0, 0.1) is 30.2 Å². The molecule has 0 saturated carbocycles. The van der Waals surface area contributed by atoms with E-state index in [1.807, 2.05) is 0 Å². The van der Waals surface area contributed by atoms with Crippen LogP contribution in [-0.2, 0) is 4.87 Å². The fourth-order valence-corrected chi connectivity index (χ4v) is 6.79. The quantitative estimate of drug-likeness (QED) is 0.277. The van der Waals surface area contributed by atoms with Crippen LogP contribution in [-0.4, -0.2) is 21.8 Å². The fourth-order valence-electron chi connectivity index (χ4n) is 4.49. The van der Waals surface area contributed by atoms with Gasteiger partial charge in [0.1, 0.15) is 38.2 Å². The predicted octanol–water partition coefficient (Wildman–Crippen LogP) is 6.30. The Hall–Kier alpha value is -3.28. The van der Waals surface area contributed by atoms with Crippen LogP contribution in [0.25, 0.3) is 0 Å². The summed E-state index contributed by atoms with van der Waals surface area (Å²) in [5.74, 6) is -2.82. The molecule has 5 nitrogen and oxygen atoms in total. The minimum Gasteiger partial charge on any atom is -0.330 e. The molecule has 2 atom stereocenters. The lowest BCUT2D eigenvalue weighted by atomic mass is 9.83. The SMILES string of the molecule is Cc1nnc(N2N=C(c3cc(F)ccc3F)SC2(c2cccc(F)c2)C(CCN)c2cccc(F)c2)s1. The van der Waals surface area contributed by atoms with Gasteiger partial charge in [-0.1, -0.05) is 47.4 Å². The van der Waals surface area contributed by atoms with Crippen LogP contribution in [0.5, 0.6) is 0 Å². The molecule has 1 aliphatic rings. The highest BCUT2D eigenvalue weighted by atomic mass is 32.2. The highest BCUT2D eigenvalue weighted by Crippen LogP contribution is 2.58. The number of aromatic nitrogens is 2. The van der Waals surface area contributed by atoms with E-state index in [2.05, 4.69) is 10.2 Å². The fraction of sp³-hybridized carbons (Fsp3) is 0.192. The molecule has 0 spiro atoms. The zero-order valence-electron chi connectivity index (χ0n) is 19.5. The standard InChI is InChI=1S/C26H21F4N5S2/c1-15-32-33-25(36-15)35-26(17-5-3-7-19(28)13-17,22(10-11-31)16-4-2-6-18(27)12-16)37-24(34-35)21-14-20(29)8-9-23(21)30/h2-9,12-14,22H,10-11,31H2,1H3. The largest absolute Gasteiger partial charge is 0.330 e. The van der Waals surface area contributed by atoms with Crippen LogP contribution in [0.2, 0.25) is 0 Å². The minimum absolute atomic E-state index is 0.0553. The first-order valence-corrected chi connectivity index (χ1v) is 13.0. The van der Waals surface area contributed by atoms with Crippen molar-refractivity contribution in [2.24, 2.45) is 10.8 Å². The number of hydrogen-bond acceptors (Lipinski definition) is 7. The Kier molecular flexibility index (Phi) is 7.02. The molecule has 11 heteroatoms. The minimum atomic E-state index is -1.28. The van der Waals surface area contributed by atoms with Crippen LogP contribution >= 0.6 is 23.1 Å². The van der Waals surface area contributed by atoms with E-state index in [1.165, 1.54) is 35.6 Å². The number of anilines is 1. The number of hydrogen-bond donors (Lipinski definition) is 1. The number of aryl methyl sites for hydroxylation is 1. The molecule has 0 fully saturated rings. The van der Waals surface area contributed by atoms with Crippen molar-refractivity contribution in [3.63, 3.8) is 0 Å². The van der Waals surface area contributed by atoms with Gasteiger partial charge in [-0.05, 0) is 73.5 Å². The van der Waals surface area contributed by atoms with Crippen LogP contribution in [0.4, 0.5) is 22.7 Å². The summed E-state index contributed by atoms with van der Waals surface area (Å²) in [4.78, 5) is -1.28. The summed E-state index contributed by atoms with van der Waals surface area (Å²) in [7, 11) is 0. The maximum absolute atomic E-state index is 15.0. The second-order valence-electron chi connectivity index (χ2n) is 8.44. The average molecular weight is 544 g/mol. The first-order valence-electron chi connectivity index (χ1n) is 11.4. The van der Waals surface area contributed by atoms with Crippen molar-refractivity contribution >= 4 is 33.3 Å². The van der Waals surface area contributed by atoms with Gasteiger partial charge in [0.15, 0.2) is 0 Å². The van der Waals surface area contributed by atoms with E-state index in [0.29, 0.717) is 27.7 Å². The Labute approximate surface area is 219 Å². The number of hydrazone groups is 1. The van der Waals surface area contributed by atoms with E-state index in [-0.39, 0.29) is 17.2 Å². The lowest BCUT2D eigenvalue weighted by Gasteiger charge is -2.42. The summed E-state index contributed by atoms with van der Waals surface area (Å²) in [6.45, 7) is 1.99. The topological polar surface area (TPSA) is 67.4 Å². The lowest BCUT2D eigenvalue weighted by Crippen LogP contribution is -2.44. The maximum Gasteiger partial charge on any atom is 0.230 e. The number of nitrogens with zero attached hydrogens (tertiary/aromatic N) is 4. The van der Waals surface area contributed by atoms with Gasteiger partial charge in [0.05, 0.1) is 0 Å². The first-order chi connectivity index (χ1) is 17.8. The van der Waals surface area contributed by atoms with Gasteiger partial charge in [-0.3, -0.25) is 0 Å². The van der Waals surface area contributed by atoms with Gasteiger partial charge in [-0.25, -0.2) is 22.6 Å². The van der Waals surface area contributed by atoms with Gasteiger partial charge in [0.25, 0.3) is 0 Å². The molecule has 37 heavy (non-hydrogen) atoms. The number of nitrogens with two attached hydrogens (primary N) is 1. The molecular weight excluding hydrogens is 522 g/mol. The summed E-state index contributed by atoms with van der Waals surface area (Å²) in [6.07, 6.45) is 0.343. The molecule has 0 aliphatic carbocycles. The summed E-state index contributed by atoms with van der Waals surface area (Å²) in [5.41, 5.74) is 7.06. The number of thioether (sulfide) groups is 1. The molecule has 190 valence electrons. The Bertz CT molecular complexity index is 1480. The van der Waals surface area contributed by atoms with Crippen molar-refractivity contribution in [1.29, 1.82) is 0 Å². The van der Waals surface area contributed by atoms with Gasteiger partial charge >= 0.3 is 0 Å². The maximum atomic E-state index is 15.0. The van der Waals surface area contributed by atoms with Gasteiger partial charge in [0.2, 0.25) is 5.13 Å². The van der Waals surface area contributed by atoms with Gasteiger partial charge in [-0.15, -0.1) is 10.2 Å². The monoisotopic (exact) mass is 543 g/mol. The van der Waals surface area contributed by atoms with Crippen LogP contribution < -0.4 is 10.7 Å². The first kappa shape index (κ1) is 25.4. The smallest absolute Gasteiger partial charge is 0.230 e. The highest BCUT2D eigenvalue weighted by Gasteiger charge is 2.54. The number of halogens is 4. The number of rotatable bonds is 7. The Morgan fingerprint density at radius 2 is 1.65 bits per heavy atom. The predicted molar refractivity (Wildman–Crippen MR) is 139 cm³/mol. The summed E-state index contributed by atoms with van der Waals surface area (Å²) >= 11 is 2.36. The molecule has 1 aromatic heterocycles. The van der Waals surface area contributed by atoms with E-state index >= 15 is 0 Å². The van der Waals surface area contributed by atoms with Crippen LogP contribution in [0.15, 0.2) is 71.8 Å². The van der Waals surface area contributed by atoms with Gasteiger partial charge in [-0.2, -0.15) is 5.10 Å². The molecule has 2 N–H and O–H groups in total. The van der Waals surface area contributed by atoms with Crippen molar-refractivity contribution in [2.45, 2.75) is 24.1 Å². The molecule has 2 unspecified atom stereocenters. The molecule has 4 aromatic rings. The third-order valence-electron chi connectivity index (χ3n) is 6.03. The van der Waals surface area contributed by atoms with Crippen molar-refractivity contribution in [2.75, 3.05) is 11.6 Å². The molecule has 3 aromatic carbocycles. The molecule has 1 aliphatic heterocycles. The third-order valence-corrected chi connectivity index (χ3v) is 8.34. The van der Waals surface area contributed by atoms with E-state index < -0.39 is 34.1 Å². The summed E-state index contributed by atoms with van der Waals surface area (Å²) in [5, 5.41) is 15.8. The molecule has 2 heterocycles. The van der Waals surface area contributed by atoms with E-state index in [4.69, 9.17) is 10.8 Å². The van der Waals surface area contributed by atoms with Gasteiger partial charge in [0, 0.05) is 11.5 Å². The van der Waals surface area contributed by atoms with Crippen molar-refractivity contribution in [1.82, 2.24) is 10.2 Å².